The molecule has 0 saturated heterocycles. The minimum atomic E-state index is -0.567. The van der Waals surface area contributed by atoms with E-state index in [1.54, 1.807) is 7.11 Å². The Hall–Kier alpha value is -1.34. The van der Waals surface area contributed by atoms with Gasteiger partial charge in [-0.15, -0.1) is 0 Å². The maximum atomic E-state index is 12.3. The van der Waals surface area contributed by atoms with Crippen LogP contribution in [0, 0.1) is 5.41 Å². The molecule has 0 heterocycles. The number of rotatable bonds is 29. The number of carbonyl (C=O) groups excluding carboxylic acids is 2. The lowest BCUT2D eigenvalue weighted by Gasteiger charge is -2.31. The average molecular weight is 558 g/mol. The van der Waals surface area contributed by atoms with E-state index in [1.165, 1.54) is 89.9 Å². The molecule has 1 N–H and O–H groups in total. The normalized spacial score (nSPS) is 12.7. The lowest BCUT2D eigenvalue weighted by atomic mass is 9.88. The summed E-state index contributed by atoms with van der Waals surface area (Å²) in [6.45, 7) is 8.38. The van der Waals surface area contributed by atoms with Crippen LogP contribution in [-0.4, -0.2) is 58.8 Å². The molecule has 232 valence electrons. The number of esters is 1. The zero-order chi connectivity index (χ0) is 28.9. The van der Waals surface area contributed by atoms with Crippen molar-refractivity contribution in [2.24, 2.45) is 5.41 Å². The summed E-state index contributed by atoms with van der Waals surface area (Å²) >= 11 is 0. The lowest BCUT2D eigenvalue weighted by molar-refractivity contribution is -0.151. The highest BCUT2D eigenvalue weighted by Gasteiger charge is 2.32. The van der Waals surface area contributed by atoms with Crippen molar-refractivity contribution in [3.05, 3.63) is 0 Å². The summed E-state index contributed by atoms with van der Waals surface area (Å²) in [6, 6.07) is 0. The Morgan fingerprint density at radius 2 is 1.13 bits per heavy atom. The zero-order valence-corrected chi connectivity index (χ0v) is 26.1. The monoisotopic (exact) mass is 557 g/mol. The zero-order valence-electron chi connectivity index (χ0n) is 26.1. The first-order valence-corrected chi connectivity index (χ1v) is 16.2. The van der Waals surface area contributed by atoms with Gasteiger partial charge in [0, 0.05) is 20.1 Å². The third kappa shape index (κ3) is 24.2. The number of amides is 1. The smallest absolute Gasteiger partial charge is 0.407 e. The van der Waals surface area contributed by atoms with Gasteiger partial charge in [0.15, 0.2) is 0 Å². The number of nitrogens with one attached hydrogen (secondary N) is 1. The lowest BCUT2D eigenvalue weighted by Crippen LogP contribution is -2.40. The molecule has 7 heteroatoms. The number of carbonyl (C=O) groups is 2. The first kappa shape index (κ1) is 37.7. The van der Waals surface area contributed by atoms with Crippen molar-refractivity contribution in [3.63, 3.8) is 0 Å². The fourth-order valence-electron chi connectivity index (χ4n) is 4.51. The molecule has 0 radical (unpaired) electrons. The Labute approximate surface area is 240 Å². The van der Waals surface area contributed by atoms with E-state index in [-0.39, 0.29) is 19.2 Å². The number of hydrogen-bond acceptors (Lipinski definition) is 6. The van der Waals surface area contributed by atoms with Gasteiger partial charge in [0.2, 0.25) is 0 Å². The van der Waals surface area contributed by atoms with Crippen LogP contribution in [0.1, 0.15) is 143 Å². The van der Waals surface area contributed by atoms with Crippen LogP contribution in [0.2, 0.25) is 0 Å². The molecule has 1 amide bonds. The molecule has 0 aromatic rings. The minimum absolute atomic E-state index is 0.140. The summed E-state index contributed by atoms with van der Waals surface area (Å²) in [5, 5.41) is 2.86. The van der Waals surface area contributed by atoms with Crippen LogP contribution >= 0.6 is 0 Å². The highest BCUT2D eigenvalue weighted by molar-refractivity contribution is 5.69. The highest BCUT2D eigenvalue weighted by atomic mass is 16.6. The van der Waals surface area contributed by atoms with E-state index in [1.807, 2.05) is 13.8 Å². The van der Waals surface area contributed by atoms with Crippen molar-refractivity contribution in [1.29, 1.82) is 0 Å². The largest absolute Gasteiger partial charge is 0.465 e. The average Bonchev–Trinajstić information content (AvgIpc) is 2.94. The number of alkyl carbamates (subject to hydrolysis) is 1. The van der Waals surface area contributed by atoms with Crippen molar-refractivity contribution in [2.45, 2.75) is 143 Å². The molecule has 0 fully saturated rings. The first-order valence-electron chi connectivity index (χ1n) is 16.2. The molecular formula is C32H63NO6. The van der Waals surface area contributed by atoms with Crippen molar-refractivity contribution in [1.82, 2.24) is 5.32 Å². The SMILES string of the molecule is CCCCCCCCCCCCCCCCCCNC(=O)OCC(CC)(COCCOC)COC(=O)CCC. The predicted molar refractivity (Wildman–Crippen MR) is 160 cm³/mol. The van der Waals surface area contributed by atoms with Gasteiger partial charge in [0.05, 0.1) is 25.2 Å². The quantitative estimate of drug-likeness (QED) is 0.0734. The molecule has 0 bridgehead atoms. The van der Waals surface area contributed by atoms with Crippen molar-refractivity contribution in [3.8, 4) is 0 Å². The number of hydrogen-bond donors (Lipinski definition) is 1. The molecule has 0 aliphatic carbocycles. The first-order chi connectivity index (χ1) is 19.0. The fraction of sp³-hybridized carbons (Fsp3) is 0.938. The highest BCUT2D eigenvalue weighted by Crippen LogP contribution is 2.24. The number of ether oxygens (including phenoxy) is 4. The molecule has 1 unspecified atom stereocenters. The van der Waals surface area contributed by atoms with Gasteiger partial charge in [-0.3, -0.25) is 4.79 Å². The second kappa shape index (κ2) is 28.2. The minimum Gasteiger partial charge on any atom is -0.465 e. The van der Waals surface area contributed by atoms with E-state index < -0.39 is 11.5 Å². The molecule has 0 rings (SSSR count). The summed E-state index contributed by atoms with van der Waals surface area (Å²) in [6.07, 6.45) is 22.6. The second-order valence-corrected chi connectivity index (χ2v) is 11.1. The molecule has 7 nitrogen and oxygen atoms in total. The topological polar surface area (TPSA) is 83.1 Å². The Morgan fingerprint density at radius 1 is 0.615 bits per heavy atom. The van der Waals surface area contributed by atoms with Gasteiger partial charge >= 0.3 is 12.1 Å². The van der Waals surface area contributed by atoms with Crippen LogP contribution in [0.4, 0.5) is 4.79 Å². The van der Waals surface area contributed by atoms with Crippen LogP contribution in [0.3, 0.4) is 0 Å². The molecule has 39 heavy (non-hydrogen) atoms. The fourth-order valence-corrected chi connectivity index (χ4v) is 4.51. The second-order valence-electron chi connectivity index (χ2n) is 11.1. The maximum absolute atomic E-state index is 12.3. The van der Waals surface area contributed by atoms with Crippen molar-refractivity contribution in [2.75, 3.05) is 46.7 Å². The molecular weight excluding hydrogens is 494 g/mol. The van der Waals surface area contributed by atoms with Gasteiger partial charge in [-0.2, -0.15) is 0 Å². The Bertz CT molecular complexity index is 559. The van der Waals surface area contributed by atoms with Crippen LogP contribution in [0.5, 0.6) is 0 Å². The van der Waals surface area contributed by atoms with Crippen LogP contribution in [0.15, 0.2) is 0 Å². The molecule has 0 spiro atoms. The van der Waals surface area contributed by atoms with Crippen molar-refractivity contribution < 1.29 is 28.5 Å². The Balaban J connectivity index is 3.89. The number of unbranched alkanes of at least 4 members (excludes halogenated alkanes) is 15. The van der Waals surface area contributed by atoms with E-state index >= 15 is 0 Å². The predicted octanol–water partition coefficient (Wildman–Crippen LogP) is 8.38. The summed E-state index contributed by atoms with van der Waals surface area (Å²) in [7, 11) is 1.62. The van der Waals surface area contributed by atoms with Gasteiger partial charge in [-0.25, -0.2) is 4.79 Å². The third-order valence-electron chi connectivity index (χ3n) is 7.39. The van der Waals surface area contributed by atoms with E-state index in [0.717, 1.165) is 19.3 Å². The Morgan fingerprint density at radius 3 is 1.62 bits per heavy atom. The van der Waals surface area contributed by atoms with Crippen LogP contribution < -0.4 is 5.32 Å². The van der Waals surface area contributed by atoms with E-state index in [4.69, 9.17) is 18.9 Å². The summed E-state index contributed by atoms with van der Waals surface area (Å²) < 4.78 is 21.7. The molecule has 0 aromatic carbocycles. The summed E-state index contributed by atoms with van der Waals surface area (Å²) in [5.74, 6) is -0.236. The van der Waals surface area contributed by atoms with E-state index in [9.17, 15) is 9.59 Å². The van der Waals surface area contributed by atoms with Crippen LogP contribution in [-0.2, 0) is 23.7 Å². The number of methoxy groups -OCH3 is 1. The van der Waals surface area contributed by atoms with Gasteiger partial charge in [-0.1, -0.05) is 117 Å². The van der Waals surface area contributed by atoms with Gasteiger partial charge < -0.3 is 24.3 Å². The Kier molecular flexibility index (Phi) is 27.2. The van der Waals surface area contributed by atoms with Gasteiger partial charge in [0.1, 0.15) is 13.2 Å². The van der Waals surface area contributed by atoms with Crippen LogP contribution in [0.25, 0.3) is 0 Å². The molecule has 0 aliphatic rings. The molecule has 1 atom stereocenters. The molecule has 0 aliphatic heterocycles. The van der Waals surface area contributed by atoms with E-state index in [2.05, 4.69) is 12.2 Å². The summed E-state index contributed by atoms with van der Waals surface area (Å²) in [5.41, 5.74) is -0.567. The standard InChI is InChI=1S/C32H63NO6/c1-5-8-9-10-11-12-13-14-15-16-17-18-19-20-21-22-24-33-31(35)39-29-32(7-3,27-37-26-25-36-4)28-38-30(34)23-6-2/h5-29H2,1-4H3,(H,33,35). The summed E-state index contributed by atoms with van der Waals surface area (Å²) in [4.78, 5) is 24.2. The molecule has 0 saturated carbocycles. The third-order valence-corrected chi connectivity index (χ3v) is 7.39. The van der Waals surface area contributed by atoms with Gasteiger partial charge in [0.25, 0.3) is 0 Å². The van der Waals surface area contributed by atoms with E-state index in [0.29, 0.717) is 39.2 Å². The van der Waals surface area contributed by atoms with Gasteiger partial charge in [-0.05, 0) is 19.3 Å². The molecule has 0 aromatic heterocycles. The maximum Gasteiger partial charge on any atom is 0.407 e. The van der Waals surface area contributed by atoms with Crippen molar-refractivity contribution >= 4 is 12.1 Å².